The number of thiazole rings is 1. The Morgan fingerprint density at radius 1 is 1.50 bits per heavy atom. The molecule has 0 saturated heterocycles. The lowest BCUT2D eigenvalue weighted by Crippen LogP contribution is -2.09. The Balaban J connectivity index is 2.22. The van der Waals surface area contributed by atoms with Gasteiger partial charge in [0.2, 0.25) is 0 Å². The Bertz CT molecular complexity index is 657. The van der Waals surface area contributed by atoms with E-state index in [1.807, 2.05) is 20.8 Å². The van der Waals surface area contributed by atoms with Crippen molar-refractivity contribution >= 4 is 34.7 Å². The SMILES string of the molecule is Cc1nc(C)c(C(C)Nc2ncc(C(=O)O)cc2Cl)s1. The molecule has 0 bridgehead atoms. The highest BCUT2D eigenvalue weighted by Gasteiger charge is 2.15. The molecule has 2 aromatic heterocycles. The van der Waals surface area contributed by atoms with E-state index in [1.165, 1.54) is 12.3 Å². The zero-order chi connectivity index (χ0) is 14.9. The molecule has 7 heteroatoms. The van der Waals surface area contributed by atoms with Crippen LogP contribution in [0.15, 0.2) is 12.3 Å². The number of carboxylic acids is 1. The summed E-state index contributed by atoms with van der Waals surface area (Å²) in [5, 5.41) is 13.3. The number of aryl methyl sites for hydroxylation is 2. The average molecular weight is 312 g/mol. The van der Waals surface area contributed by atoms with Crippen LogP contribution in [0.5, 0.6) is 0 Å². The maximum absolute atomic E-state index is 10.8. The highest BCUT2D eigenvalue weighted by Crippen LogP contribution is 2.29. The van der Waals surface area contributed by atoms with E-state index in [-0.39, 0.29) is 16.6 Å². The van der Waals surface area contributed by atoms with Crippen LogP contribution in [-0.4, -0.2) is 21.0 Å². The number of hydrogen-bond donors (Lipinski definition) is 2. The van der Waals surface area contributed by atoms with E-state index in [9.17, 15) is 4.79 Å². The van der Waals surface area contributed by atoms with Gasteiger partial charge in [-0.15, -0.1) is 11.3 Å². The van der Waals surface area contributed by atoms with Crippen LogP contribution >= 0.6 is 22.9 Å². The van der Waals surface area contributed by atoms with E-state index in [2.05, 4.69) is 15.3 Å². The molecule has 0 aliphatic carbocycles. The maximum atomic E-state index is 10.8. The van der Waals surface area contributed by atoms with Gasteiger partial charge in [-0.25, -0.2) is 14.8 Å². The van der Waals surface area contributed by atoms with Crippen LogP contribution < -0.4 is 5.32 Å². The van der Waals surface area contributed by atoms with Crippen LogP contribution in [-0.2, 0) is 0 Å². The molecule has 0 saturated carbocycles. The second-order valence-corrected chi connectivity index (χ2v) is 6.05. The molecule has 0 fully saturated rings. The molecule has 1 unspecified atom stereocenters. The number of anilines is 1. The third-order valence-electron chi connectivity index (χ3n) is 2.77. The topological polar surface area (TPSA) is 75.1 Å². The summed E-state index contributed by atoms with van der Waals surface area (Å²) in [5.74, 6) is -0.581. The number of nitrogens with one attached hydrogen (secondary N) is 1. The van der Waals surface area contributed by atoms with Crippen LogP contribution in [0.2, 0.25) is 5.02 Å². The van der Waals surface area contributed by atoms with Gasteiger partial charge in [-0.1, -0.05) is 11.6 Å². The summed E-state index contributed by atoms with van der Waals surface area (Å²) in [4.78, 5) is 20.4. The van der Waals surface area contributed by atoms with Crippen molar-refractivity contribution in [1.29, 1.82) is 0 Å². The number of hydrogen-bond acceptors (Lipinski definition) is 5. The van der Waals surface area contributed by atoms with Crippen molar-refractivity contribution in [2.75, 3.05) is 5.32 Å². The van der Waals surface area contributed by atoms with Crippen molar-refractivity contribution in [2.45, 2.75) is 26.8 Å². The van der Waals surface area contributed by atoms with E-state index < -0.39 is 5.97 Å². The van der Waals surface area contributed by atoms with Crippen molar-refractivity contribution in [2.24, 2.45) is 0 Å². The summed E-state index contributed by atoms with van der Waals surface area (Å²) in [6.07, 6.45) is 1.29. The predicted molar refractivity (Wildman–Crippen MR) is 79.8 cm³/mol. The van der Waals surface area contributed by atoms with Gasteiger partial charge in [0.05, 0.1) is 27.3 Å². The number of pyridine rings is 1. The predicted octanol–water partition coefficient (Wildman–Crippen LogP) is 3.68. The van der Waals surface area contributed by atoms with Crippen LogP contribution in [0.3, 0.4) is 0 Å². The monoisotopic (exact) mass is 311 g/mol. The highest BCUT2D eigenvalue weighted by molar-refractivity contribution is 7.11. The summed E-state index contributed by atoms with van der Waals surface area (Å²) in [7, 11) is 0. The molecule has 2 N–H and O–H groups in total. The number of aromatic nitrogens is 2. The Hall–Kier alpha value is -1.66. The van der Waals surface area contributed by atoms with Crippen LogP contribution in [0, 0.1) is 13.8 Å². The second kappa shape index (κ2) is 5.76. The third-order valence-corrected chi connectivity index (χ3v) is 4.32. The largest absolute Gasteiger partial charge is 0.478 e. The standard InChI is InChI=1S/C13H14ClN3O2S/c1-6-11(20-8(3)16-6)7(2)17-12-10(14)4-9(5-15-12)13(18)19/h4-5,7H,1-3H3,(H,15,17)(H,18,19). The van der Waals surface area contributed by atoms with E-state index in [1.54, 1.807) is 11.3 Å². The van der Waals surface area contributed by atoms with Gasteiger partial charge in [-0.3, -0.25) is 0 Å². The molecule has 1 atom stereocenters. The Morgan fingerprint density at radius 3 is 2.70 bits per heavy atom. The quantitative estimate of drug-likeness (QED) is 0.901. The average Bonchev–Trinajstić information content (AvgIpc) is 2.70. The highest BCUT2D eigenvalue weighted by atomic mass is 35.5. The first kappa shape index (κ1) is 14.7. The summed E-state index contributed by atoms with van der Waals surface area (Å²) in [6.45, 7) is 5.91. The maximum Gasteiger partial charge on any atom is 0.337 e. The fourth-order valence-electron chi connectivity index (χ4n) is 1.88. The lowest BCUT2D eigenvalue weighted by molar-refractivity contribution is 0.0696. The van der Waals surface area contributed by atoms with Gasteiger partial charge in [-0.2, -0.15) is 0 Å². The molecule has 0 amide bonds. The van der Waals surface area contributed by atoms with E-state index in [0.717, 1.165) is 15.6 Å². The summed E-state index contributed by atoms with van der Waals surface area (Å²) in [6, 6.07) is 1.39. The Kier molecular flexibility index (Phi) is 4.25. The zero-order valence-corrected chi connectivity index (χ0v) is 12.8. The second-order valence-electron chi connectivity index (χ2n) is 4.41. The van der Waals surface area contributed by atoms with Gasteiger partial charge in [0.1, 0.15) is 5.82 Å². The van der Waals surface area contributed by atoms with E-state index in [4.69, 9.17) is 16.7 Å². The van der Waals surface area contributed by atoms with Crippen molar-refractivity contribution in [3.63, 3.8) is 0 Å². The molecule has 2 aromatic rings. The summed E-state index contributed by atoms with van der Waals surface area (Å²) >= 11 is 7.67. The smallest absolute Gasteiger partial charge is 0.337 e. The Morgan fingerprint density at radius 2 is 2.20 bits per heavy atom. The van der Waals surface area contributed by atoms with Gasteiger partial charge in [0, 0.05) is 11.1 Å². The lowest BCUT2D eigenvalue weighted by Gasteiger charge is -2.14. The minimum atomic E-state index is -1.05. The molecule has 106 valence electrons. The number of carboxylic acid groups (broad SMARTS) is 1. The van der Waals surface area contributed by atoms with Gasteiger partial charge >= 0.3 is 5.97 Å². The summed E-state index contributed by atoms with van der Waals surface area (Å²) in [5.41, 5.74) is 1.05. The van der Waals surface area contributed by atoms with Crippen LogP contribution in [0.4, 0.5) is 5.82 Å². The first-order valence-electron chi connectivity index (χ1n) is 5.97. The van der Waals surface area contributed by atoms with Crippen molar-refractivity contribution < 1.29 is 9.90 Å². The molecule has 0 aliphatic rings. The minimum absolute atomic E-state index is 0.00174. The Labute approximate surface area is 125 Å². The number of rotatable bonds is 4. The van der Waals surface area contributed by atoms with Gasteiger partial charge in [-0.05, 0) is 26.8 Å². The van der Waals surface area contributed by atoms with Gasteiger partial charge in [0.25, 0.3) is 0 Å². The third kappa shape index (κ3) is 3.08. The molecule has 0 spiro atoms. The number of aromatic carboxylic acids is 1. The van der Waals surface area contributed by atoms with Gasteiger partial charge in [0.15, 0.2) is 0 Å². The van der Waals surface area contributed by atoms with Crippen molar-refractivity contribution in [1.82, 2.24) is 9.97 Å². The molecule has 2 rings (SSSR count). The molecule has 5 nitrogen and oxygen atoms in total. The van der Waals surface area contributed by atoms with E-state index >= 15 is 0 Å². The number of carbonyl (C=O) groups is 1. The molecular formula is C13H14ClN3O2S. The normalized spacial score (nSPS) is 12.2. The number of nitrogens with zero attached hydrogens (tertiary/aromatic N) is 2. The minimum Gasteiger partial charge on any atom is -0.478 e. The van der Waals surface area contributed by atoms with Crippen molar-refractivity contribution in [3.8, 4) is 0 Å². The first-order chi connectivity index (χ1) is 9.38. The van der Waals surface area contributed by atoms with Crippen LogP contribution in [0.25, 0.3) is 0 Å². The molecule has 0 aromatic carbocycles. The summed E-state index contributed by atoms with van der Waals surface area (Å²) < 4.78 is 0. The zero-order valence-electron chi connectivity index (χ0n) is 11.3. The lowest BCUT2D eigenvalue weighted by atomic mass is 10.2. The molecule has 20 heavy (non-hydrogen) atoms. The van der Waals surface area contributed by atoms with Crippen molar-refractivity contribution in [3.05, 3.63) is 38.4 Å². The molecule has 2 heterocycles. The fourth-order valence-corrected chi connectivity index (χ4v) is 3.03. The first-order valence-corrected chi connectivity index (χ1v) is 7.17. The number of halogens is 1. The van der Waals surface area contributed by atoms with Gasteiger partial charge < -0.3 is 10.4 Å². The molecular weight excluding hydrogens is 298 g/mol. The molecule has 0 aliphatic heterocycles. The molecule has 0 radical (unpaired) electrons. The fraction of sp³-hybridized carbons (Fsp3) is 0.308. The van der Waals surface area contributed by atoms with Crippen LogP contribution in [0.1, 0.15) is 38.9 Å². The van der Waals surface area contributed by atoms with E-state index in [0.29, 0.717) is 5.82 Å².